The summed E-state index contributed by atoms with van der Waals surface area (Å²) in [7, 11) is 0. The molecule has 74 valence electrons. The lowest BCUT2D eigenvalue weighted by Gasteiger charge is -2.21. The minimum Gasteiger partial charge on any atom is -0.466 e. The van der Waals surface area contributed by atoms with Gasteiger partial charge in [-0.3, -0.25) is 4.79 Å². The van der Waals surface area contributed by atoms with Crippen LogP contribution in [-0.4, -0.2) is 24.7 Å². The molecule has 0 aliphatic carbocycles. The Balaban J connectivity index is 1.96. The van der Waals surface area contributed by atoms with Gasteiger partial charge in [0.15, 0.2) is 0 Å². The van der Waals surface area contributed by atoms with Gasteiger partial charge in [-0.1, -0.05) is 6.42 Å². The number of carbonyl (C=O) groups excluding carboxylic acids is 1. The first-order chi connectivity index (χ1) is 6.31. The minimum absolute atomic E-state index is 0.00407. The molecule has 0 amide bonds. The molecule has 0 unspecified atom stereocenters. The number of rotatable bonds is 2. The summed E-state index contributed by atoms with van der Waals surface area (Å²) in [5.74, 6) is 0.136. The lowest BCUT2D eigenvalue weighted by Crippen LogP contribution is -2.37. The number of hydrogen-bond acceptors (Lipinski definition) is 3. The summed E-state index contributed by atoms with van der Waals surface area (Å²) in [6, 6.07) is 0.978. The van der Waals surface area contributed by atoms with Crippen molar-refractivity contribution in [3.8, 4) is 0 Å². The van der Waals surface area contributed by atoms with Crippen LogP contribution in [0.4, 0.5) is 0 Å². The molecule has 1 N–H and O–H groups in total. The van der Waals surface area contributed by atoms with E-state index in [1.165, 1.54) is 12.8 Å². The molecule has 0 radical (unpaired) electrons. The van der Waals surface area contributed by atoms with Crippen molar-refractivity contribution in [3.63, 3.8) is 0 Å². The van der Waals surface area contributed by atoms with Gasteiger partial charge in [-0.2, -0.15) is 0 Å². The van der Waals surface area contributed by atoms with E-state index in [4.69, 9.17) is 4.74 Å². The Labute approximate surface area is 78.8 Å². The third kappa shape index (κ3) is 1.70. The predicted molar refractivity (Wildman–Crippen MR) is 49.3 cm³/mol. The van der Waals surface area contributed by atoms with Gasteiger partial charge in [0, 0.05) is 12.1 Å². The van der Waals surface area contributed by atoms with Gasteiger partial charge in [-0.05, 0) is 26.2 Å². The number of fused-ring (bicyclic) bond motifs is 2. The summed E-state index contributed by atoms with van der Waals surface area (Å²) in [5, 5.41) is 3.48. The molecular weight excluding hydrogens is 166 g/mol. The van der Waals surface area contributed by atoms with Gasteiger partial charge in [-0.25, -0.2) is 0 Å². The highest BCUT2D eigenvalue weighted by Crippen LogP contribution is 2.32. The minimum atomic E-state index is 0.00407. The van der Waals surface area contributed by atoms with Crippen LogP contribution in [0.1, 0.15) is 32.6 Å². The van der Waals surface area contributed by atoms with Crippen LogP contribution in [0.25, 0.3) is 0 Å². The average Bonchev–Trinajstić information content (AvgIpc) is 2.42. The van der Waals surface area contributed by atoms with Crippen molar-refractivity contribution < 1.29 is 9.53 Å². The van der Waals surface area contributed by atoms with E-state index >= 15 is 0 Å². The third-order valence-corrected chi connectivity index (χ3v) is 3.13. The number of piperidine rings is 1. The van der Waals surface area contributed by atoms with Crippen molar-refractivity contribution >= 4 is 5.97 Å². The first-order valence-corrected chi connectivity index (χ1v) is 5.24. The Hall–Kier alpha value is -0.570. The molecule has 3 nitrogen and oxygen atoms in total. The molecule has 2 aliphatic heterocycles. The van der Waals surface area contributed by atoms with E-state index in [1.807, 2.05) is 6.92 Å². The summed E-state index contributed by atoms with van der Waals surface area (Å²) in [6.45, 7) is 2.37. The maximum absolute atomic E-state index is 11.5. The molecule has 2 bridgehead atoms. The van der Waals surface area contributed by atoms with Crippen molar-refractivity contribution in [1.82, 2.24) is 5.32 Å². The van der Waals surface area contributed by atoms with Gasteiger partial charge in [0.25, 0.3) is 0 Å². The van der Waals surface area contributed by atoms with E-state index in [-0.39, 0.29) is 11.9 Å². The van der Waals surface area contributed by atoms with Crippen LogP contribution in [0.5, 0.6) is 0 Å². The van der Waals surface area contributed by atoms with Gasteiger partial charge in [0.2, 0.25) is 0 Å². The molecular formula is C10H17NO2. The average molecular weight is 183 g/mol. The molecule has 0 aromatic carbocycles. The SMILES string of the molecule is CCOC(=O)[C@@H]1C[C@H]2CCC[C@@H]1N2. The highest BCUT2D eigenvalue weighted by molar-refractivity contribution is 5.74. The lowest BCUT2D eigenvalue weighted by molar-refractivity contribution is -0.148. The summed E-state index contributed by atoms with van der Waals surface area (Å²) in [4.78, 5) is 11.5. The quantitative estimate of drug-likeness (QED) is 0.651. The zero-order chi connectivity index (χ0) is 9.26. The molecule has 2 saturated heterocycles. The highest BCUT2D eigenvalue weighted by atomic mass is 16.5. The van der Waals surface area contributed by atoms with E-state index < -0.39 is 0 Å². The highest BCUT2D eigenvalue weighted by Gasteiger charge is 2.41. The molecule has 2 fully saturated rings. The molecule has 0 saturated carbocycles. The van der Waals surface area contributed by atoms with Gasteiger partial charge < -0.3 is 10.1 Å². The Bertz CT molecular complexity index is 205. The van der Waals surface area contributed by atoms with Crippen molar-refractivity contribution in [2.24, 2.45) is 5.92 Å². The smallest absolute Gasteiger partial charge is 0.310 e. The number of hydrogen-bond donors (Lipinski definition) is 1. The molecule has 2 heterocycles. The first kappa shape index (κ1) is 9.00. The van der Waals surface area contributed by atoms with Gasteiger partial charge in [0.1, 0.15) is 0 Å². The fourth-order valence-electron chi connectivity index (χ4n) is 2.54. The van der Waals surface area contributed by atoms with Crippen LogP contribution in [0.3, 0.4) is 0 Å². The standard InChI is InChI=1S/C10H17NO2/c1-2-13-10(12)8-6-7-4-3-5-9(8)11-7/h7-9,11H,2-6H2,1H3/t7-,8-,9+/m1/s1. The Kier molecular flexibility index (Phi) is 2.54. The van der Waals surface area contributed by atoms with E-state index in [0.29, 0.717) is 18.7 Å². The van der Waals surface area contributed by atoms with Crippen LogP contribution >= 0.6 is 0 Å². The maximum Gasteiger partial charge on any atom is 0.310 e. The van der Waals surface area contributed by atoms with E-state index in [0.717, 1.165) is 12.8 Å². The lowest BCUT2D eigenvalue weighted by atomic mass is 9.99. The maximum atomic E-state index is 11.5. The molecule has 2 aliphatic rings. The number of ether oxygens (including phenoxy) is 1. The van der Waals surface area contributed by atoms with Crippen LogP contribution in [-0.2, 0) is 9.53 Å². The second-order valence-corrected chi connectivity index (χ2v) is 4.00. The normalized spacial score (nSPS) is 37.5. The largest absolute Gasteiger partial charge is 0.466 e. The number of carbonyl (C=O) groups is 1. The fraction of sp³-hybridized carbons (Fsp3) is 0.900. The molecule has 13 heavy (non-hydrogen) atoms. The zero-order valence-corrected chi connectivity index (χ0v) is 8.08. The molecule has 3 atom stereocenters. The van der Waals surface area contributed by atoms with Crippen LogP contribution < -0.4 is 5.32 Å². The summed E-state index contributed by atoms with van der Waals surface area (Å²) in [5.41, 5.74) is 0. The predicted octanol–water partition coefficient (Wildman–Crippen LogP) is 1.08. The second-order valence-electron chi connectivity index (χ2n) is 4.00. The summed E-state index contributed by atoms with van der Waals surface area (Å²) in [6.07, 6.45) is 4.62. The van der Waals surface area contributed by atoms with Crippen LogP contribution in [0, 0.1) is 5.92 Å². The summed E-state index contributed by atoms with van der Waals surface area (Å²) < 4.78 is 5.06. The Morgan fingerprint density at radius 1 is 1.54 bits per heavy atom. The van der Waals surface area contributed by atoms with E-state index in [2.05, 4.69) is 5.32 Å². The molecule has 0 aromatic heterocycles. The number of esters is 1. The first-order valence-electron chi connectivity index (χ1n) is 5.24. The van der Waals surface area contributed by atoms with E-state index in [1.54, 1.807) is 0 Å². The van der Waals surface area contributed by atoms with Crippen LogP contribution in [0.15, 0.2) is 0 Å². The van der Waals surface area contributed by atoms with Crippen molar-refractivity contribution in [2.75, 3.05) is 6.61 Å². The van der Waals surface area contributed by atoms with Crippen molar-refractivity contribution in [1.29, 1.82) is 0 Å². The van der Waals surface area contributed by atoms with Gasteiger partial charge in [0.05, 0.1) is 12.5 Å². The van der Waals surface area contributed by atoms with E-state index in [9.17, 15) is 4.79 Å². The van der Waals surface area contributed by atoms with Crippen LogP contribution in [0.2, 0.25) is 0 Å². The van der Waals surface area contributed by atoms with Gasteiger partial charge in [-0.15, -0.1) is 0 Å². The third-order valence-electron chi connectivity index (χ3n) is 3.13. The van der Waals surface area contributed by atoms with Crippen molar-refractivity contribution in [3.05, 3.63) is 0 Å². The summed E-state index contributed by atoms with van der Waals surface area (Å²) >= 11 is 0. The molecule has 0 aromatic rings. The zero-order valence-electron chi connectivity index (χ0n) is 8.08. The second kappa shape index (κ2) is 3.66. The molecule has 0 spiro atoms. The van der Waals surface area contributed by atoms with Crippen molar-refractivity contribution in [2.45, 2.75) is 44.7 Å². The fourth-order valence-corrected chi connectivity index (χ4v) is 2.54. The molecule has 3 heteroatoms. The molecule has 2 rings (SSSR count). The van der Waals surface area contributed by atoms with Gasteiger partial charge >= 0.3 is 5.97 Å². The number of nitrogens with one attached hydrogen (secondary N) is 1. The Morgan fingerprint density at radius 3 is 3.08 bits per heavy atom. The monoisotopic (exact) mass is 183 g/mol. The Morgan fingerprint density at radius 2 is 2.38 bits per heavy atom. The topological polar surface area (TPSA) is 38.3 Å².